The fraction of sp³-hybridized carbons (Fsp3) is 0.944. The van der Waals surface area contributed by atoms with Crippen LogP contribution in [0.5, 0.6) is 0 Å². The predicted octanol–water partition coefficient (Wildman–Crippen LogP) is 5.44. The maximum absolute atomic E-state index is 13.3. The van der Waals surface area contributed by atoms with Crippen molar-refractivity contribution in [3.05, 3.63) is 0 Å². The maximum atomic E-state index is 13.3. The van der Waals surface area contributed by atoms with Crippen LogP contribution in [0.3, 0.4) is 0 Å². The van der Waals surface area contributed by atoms with Gasteiger partial charge in [0.25, 0.3) is 14.3 Å². The standard InChI is InChI=1S/C18H39O4Si2/c1-12-14-24(16(3,4)5,17(6,7)8)22-15(19)18(9,13-2)23(20-10)21-11/h12-14H2,1-11H3. The summed E-state index contributed by atoms with van der Waals surface area (Å²) in [4.78, 5) is 13.3. The Morgan fingerprint density at radius 1 is 0.917 bits per heavy atom. The molecule has 0 N–H and O–H groups in total. The zero-order valence-electron chi connectivity index (χ0n) is 17.8. The zero-order chi connectivity index (χ0) is 19.4. The van der Waals surface area contributed by atoms with Crippen molar-refractivity contribution in [3.8, 4) is 0 Å². The summed E-state index contributed by atoms with van der Waals surface area (Å²) in [6, 6.07) is 0.966. The Kier molecular flexibility index (Phi) is 8.41. The Hall–Kier alpha value is -0.176. The van der Waals surface area contributed by atoms with Crippen LogP contribution in [0.2, 0.25) is 21.2 Å². The number of carbonyl (C=O) groups excluding carboxylic acids is 1. The second-order valence-corrected chi connectivity index (χ2v) is 16.7. The van der Waals surface area contributed by atoms with Crippen LogP contribution in [0.1, 0.15) is 75.2 Å². The molecule has 0 aliphatic heterocycles. The smallest absolute Gasteiger partial charge is 0.402 e. The van der Waals surface area contributed by atoms with Crippen molar-refractivity contribution in [1.29, 1.82) is 0 Å². The average molecular weight is 376 g/mol. The number of hydrogen-bond acceptors (Lipinski definition) is 4. The van der Waals surface area contributed by atoms with Gasteiger partial charge in [0.1, 0.15) is 5.04 Å². The molecule has 0 aromatic rings. The molecule has 24 heavy (non-hydrogen) atoms. The molecule has 1 atom stereocenters. The average Bonchev–Trinajstić information content (AvgIpc) is 2.44. The molecule has 0 aromatic heterocycles. The van der Waals surface area contributed by atoms with E-state index < -0.39 is 22.6 Å². The lowest BCUT2D eigenvalue weighted by atomic mass is 10.1. The third kappa shape index (κ3) is 4.51. The van der Waals surface area contributed by atoms with E-state index in [0.717, 1.165) is 12.5 Å². The van der Waals surface area contributed by atoms with Crippen molar-refractivity contribution in [2.75, 3.05) is 14.2 Å². The summed E-state index contributed by atoms with van der Waals surface area (Å²) >= 11 is 0. The van der Waals surface area contributed by atoms with Crippen LogP contribution >= 0.6 is 0 Å². The molecule has 0 amide bonds. The van der Waals surface area contributed by atoms with Crippen molar-refractivity contribution in [2.24, 2.45) is 0 Å². The van der Waals surface area contributed by atoms with E-state index in [1.807, 2.05) is 13.8 Å². The zero-order valence-corrected chi connectivity index (χ0v) is 19.8. The van der Waals surface area contributed by atoms with Gasteiger partial charge in [-0.2, -0.15) is 0 Å². The first-order valence-electron chi connectivity index (χ1n) is 8.96. The van der Waals surface area contributed by atoms with Crippen LogP contribution in [0.25, 0.3) is 0 Å². The highest BCUT2D eigenvalue weighted by Gasteiger charge is 2.59. The molecule has 6 heteroatoms. The maximum Gasteiger partial charge on any atom is 0.402 e. The first-order valence-corrected chi connectivity index (χ1v) is 12.4. The number of hydrogen-bond donors (Lipinski definition) is 0. The predicted molar refractivity (Wildman–Crippen MR) is 105 cm³/mol. The fourth-order valence-corrected chi connectivity index (χ4v) is 11.1. The van der Waals surface area contributed by atoms with E-state index in [0.29, 0.717) is 6.42 Å². The summed E-state index contributed by atoms with van der Waals surface area (Å²) in [6.07, 6.45) is 1.66. The molecule has 4 nitrogen and oxygen atoms in total. The lowest BCUT2D eigenvalue weighted by molar-refractivity contribution is -0.140. The fourth-order valence-electron chi connectivity index (χ4n) is 3.76. The molecule has 143 valence electrons. The summed E-state index contributed by atoms with van der Waals surface area (Å²) in [5, 5.41) is -0.798. The normalized spacial score (nSPS) is 16.2. The highest BCUT2D eigenvalue weighted by molar-refractivity contribution is 6.81. The van der Waals surface area contributed by atoms with Crippen LogP contribution in [0.4, 0.5) is 0 Å². The van der Waals surface area contributed by atoms with E-state index in [9.17, 15) is 4.79 Å². The van der Waals surface area contributed by atoms with E-state index in [1.165, 1.54) is 0 Å². The molecule has 0 fully saturated rings. The molecular formula is C18H39O4Si2. The van der Waals surface area contributed by atoms with Gasteiger partial charge in [0.15, 0.2) is 0 Å². The minimum absolute atomic E-state index is 0.0430. The number of rotatable bonds is 8. The van der Waals surface area contributed by atoms with Crippen LogP contribution in [0, 0.1) is 0 Å². The monoisotopic (exact) mass is 375 g/mol. The molecule has 0 heterocycles. The number of carbonyl (C=O) groups is 1. The van der Waals surface area contributed by atoms with Crippen molar-refractivity contribution in [3.63, 3.8) is 0 Å². The summed E-state index contributed by atoms with van der Waals surface area (Å²) in [6.45, 7) is 19.4. The Balaban J connectivity index is 6.01. The molecule has 0 bridgehead atoms. The summed E-state index contributed by atoms with van der Waals surface area (Å²) in [5.41, 5.74) is 0. The topological polar surface area (TPSA) is 44.8 Å². The molecule has 1 unspecified atom stereocenters. The molecule has 1 radical (unpaired) electrons. The van der Waals surface area contributed by atoms with Crippen LogP contribution in [-0.2, 0) is 18.1 Å². The Labute approximate surface area is 152 Å². The van der Waals surface area contributed by atoms with Gasteiger partial charge in [0.2, 0.25) is 0 Å². The van der Waals surface area contributed by atoms with Gasteiger partial charge in [0, 0.05) is 14.2 Å². The molecule has 0 aliphatic rings. The minimum Gasteiger partial charge on any atom is -0.518 e. The first-order chi connectivity index (χ1) is 10.8. The van der Waals surface area contributed by atoms with Gasteiger partial charge in [-0.05, 0) is 29.5 Å². The third-order valence-corrected chi connectivity index (χ3v) is 14.1. The van der Waals surface area contributed by atoms with E-state index in [2.05, 4.69) is 48.5 Å². The SMILES string of the molecule is CCC[Si](OC(=O)C(C)(CC)[Si](OC)OC)(C(C)(C)C)C(C)(C)C. The van der Waals surface area contributed by atoms with Crippen molar-refractivity contribution < 1.29 is 18.1 Å². The molecule has 0 saturated carbocycles. The molecule has 0 rings (SSSR count). The molecular weight excluding hydrogens is 336 g/mol. The van der Waals surface area contributed by atoms with Crippen LogP contribution in [-0.4, -0.2) is 37.8 Å². The largest absolute Gasteiger partial charge is 0.518 e. The van der Waals surface area contributed by atoms with E-state index >= 15 is 0 Å². The van der Waals surface area contributed by atoms with E-state index in [-0.39, 0.29) is 16.0 Å². The van der Waals surface area contributed by atoms with Gasteiger partial charge in [0.05, 0.1) is 0 Å². The lowest BCUT2D eigenvalue weighted by Gasteiger charge is -2.51. The van der Waals surface area contributed by atoms with Crippen LogP contribution < -0.4 is 0 Å². The Morgan fingerprint density at radius 3 is 1.58 bits per heavy atom. The molecule has 0 aromatic carbocycles. The van der Waals surface area contributed by atoms with E-state index in [4.69, 9.17) is 13.3 Å². The van der Waals surface area contributed by atoms with E-state index in [1.54, 1.807) is 14.2 Å². The van der Waals surface area contributed by atoms with Gasteiger partial charge < -0.3 is 13.3 Å². The van der Waals surface area contributed by atoms with Crippen LogP contribution in [0.15, 0.2) is 0 Å². The quantitative estimate of drug-likeness (QED) is 0.530. The summed E-state index contributed by atoms with van der Waals surface area (Å²) in [7, 11) is -0.914. The van der Waals surface area contributed by atoms with Gasteiger partial charge in [-0.1, -0.05) is 61.8 Å². The molecule has 0 spiro atoms. The highest BCUT2D eigenvalue weighted by atomic mass is 28.4. The highest BCUT2D eigenvalue weighted by Crippen LogP contribution is 2.55. The summed E-state index contributed by atoms with van der Waals surface area (Å²) < 4.78 is 17.5. The summed E-state index contributed by atoms with van der Waals surface area (Å²) in [5.74, 6) is -0.146. The second-order valence-electron chi connectivity index (χ2n) is 8.85. The third-order valence-electron chi connectivity index (χ3n) is 5.27. The van der Waals surface area contributed by atoms with Crippen molar-refractivity contribution in [2.45, 2.75) is 96.3 Å². The lowest BCUT2D eigenvalue weighted by Crippen LogP contribution is -2.57. The first kappa shape index (κ1) is 23.8. The van der Waals surface area contributed by atoms with Gasteiger partial charge in [-0.3, -0.25) is 4.79 Å². The second kappa shape index (κ2) is 8.47. The van der Waals surface area contributed by atoms with Gasteiger partial charge >= 0.3 is 9.28 Å². The Morgan fingerprint density at radius 2 is 1.33 bits per heavy atom. The van der Waals surface area contributed by atoms with Gasteiger partial charge in [-0.15, -0.1) is 0 Å². The Bertz CT molecular complexity index is 394. The van der Waals surface area contributed by atoms with Crippen molar-refractivity contribution >= 4 is 23.6 Å². The van der Waals surface area contributed by atoms with Gasteiger partial charge in [-0.25, -0.2) is 0 Å². The minimum atomic E-state index is -2.40. The molecule has 0 aliphatic carbocycles. The molecule has 0 saturated heterocycles. The van der Waals surface area contributed by atoms with Crippen molar-refractivity contribution in [1.82, 2.24) is 0 Å².